The number of nitrogens with zero attached hydrogens (tertiary/aromatic N) is 1. The van der Waals surface area contributed by atoms with E-state index in [-0.39, 0.29) is 0 Å². The van der Waals surface area contributed by atoms with Crippen LogP contribution in [0.15, 0.2) is 0 Å². The molecule has 1 aliphatic carbocycles. The van der Waals surface area contributed by atoms with Gasteiger partial charge < -0.3 is 5.11 Å². The largest absolute Gasteiger partial charge is 0.481 e. The topological polar surface area (TPSA) is 40.5 Å². The van der Waals surface area contributed by atoms with E-state index in [0.29, 0.717) is 6.04 Å². The van der Waals surface area contributed by atoms with Gasteiger partial charge in [0.1, 0.15) is 0 Å². The number of carboxylic acid groups (broad SMARTS) is 1. The zero-order valence-corrected chi connectivity index (χ0v) is 8.12. The Hall–Kier alpha value is -0.570. The Morgan fingerprint density at radius 3 is 2.69 bits per heavy atom. The minimum Gasteiger partial charge on any atom is -0.481 e. The van der Waals surface area contributed by atoms with Crippen LogP contribution in [0.3, 0.4) is 0 Å². The number of rotatable bonds is 3. The summed E-state index contributed by atoms with van der Waals surface area (Å²) >= 11 is 0. The van der Waals surface area contributed by atoms with Crippen LogP contribution in [0.1, 0.15) is 32.6 Å². The van der Waals surface area contributed by atoms with Crippen LogP contribution >= 0.6 is 0 Å². The average molecular weight is 183 g/mol. The maximum atomic E-state index is 11.1. The molecule has 1 saturated heterocycles. The van der Waals surface area contributed by atoms with Crippen molar-refractivity contribution in [3.8, 4) is 0 Å². The number of carbonyl (C=O) groups is 1. The molecule has 1 heterocycles. The van der Waals surface area contributed by atoms with Crippen LogP contribution in [0.4, 0.5) is 0 Å². The van der Waals surface area contributed by atoms with Crippen molar-refractivity contribution in [3.63, 3.8) is 0 Å². The molecular formula is C10H17NO2. The smallest absolute Gasteiger partial charge is 0.310 e. The molecule has 2 fully saturated rings. The van der Waals surface area contributed by atoms with Crippen molar-refractivity contribution in [2.75, 3.05) is 13.1 Å². The molecule has 13 heavy (non-hydrogen) atoms. The van der Waals surface area contributed by atoms with E-state index in [1.165, 1.54) is 12.8 Å². The van der Waals surface area contributed by atoms with Crippen molar-refractivity contribution in [1.29, 1.82) is 0 Å². The van der Waals surface area contributed by atoms with Crippen molar-refractivity contribution in [2.24, 2.45) is 5.41 Å². The van der Waals surface area contributed by atoms with Crippen LogP contribution < -0.4 is 0 Å². The zero-order chi connectivity index (χ0) is 9.47. The summed E-state index contributed by atoms with van der Waals surface area (Å²) in [5.41, 5.74) is -0.428. The number of aliphatic carboxylic acids is 1. The maximum absolute atomic E-state index is 11.1. The van der Waals surface area contributed by atoms with E-state index in [4.69, 9.17) is 5.11 Å². The number of hydrogen-bond donors (Lipinski definition) is 1. The molecule has 0 bridgehead atoms. The molecule has 3 nitrogen and oxygen atoms in total. The first-order valence-electron chi connectivity index (χ1n) is 5.15. The van der Waals surface area contributed by atoms with Gasteiger partial charge in [0.2, 0.25) is 0 Å². The molecule has 0 aromatic rings. The van der Waals surface area contributed by atoms with Crippen LogP contribution in [-0.4, -0.2) is 35.1 Å². The van der Waals surface area contributed by atoms with Gasteiger partial charge in [-0.25, -0.2) is 0 Å². The molecule has 2 aliphatic rings. The highest BCUT2D eigenvalue weighted by molar-refractivity contribution is 5.75. The van der Waals surface area contributed by atoms with Crippen LogP contribution in [0.2, 0.25) is 0 Å². The summed E-state index contributed by atoms with van der Waals surface area (Å²) in [6.07, 6.45) is 4.17. The second kappa shape index (κ2) is 2.98. The Bertz CT molecular complexity index is 225. The van der Waals surface area contributed by atoms with Gasteiger partial charge in [-0.15, -0.1) is 0 Å². The minimum absolute atomic E-state index is 0.428. The van der Waals surface area contributed by atoms with E-state index in [1.807, 2.05) is 6.92 Å². The number of carboxylic acids is 1. The summed E-state index contributed by atoms with van der Waals surface area (Å²) in [6, 6.07) is 0.716. The molecular weight excluding hydrogens is 166 g/mol. The van der Waals surface area contributed by atoms with Crippen molar-refractivity contribution in [1.82, 2.24) is 4.90 Å². The molecule has 0 radical (unpaired) electrons. The van der Waals surface area contributed by atoms with Crippen molar-refractivity contribution >= 4 is 5.97 Å². The third kappa shape index (κ3) is 1.46. The van der Waals surface area contributed by atoms with E-state index < -0.39 is 11.4 Å². The molecule has 0 aromatic heterocycles. The Morgan fingerprint density at radius 1 is 1.62 bits per heavy atom. The molecule has 2 rings (SSSR count). The van der Waals surface area contributed by atoms with Gasteiger partial charge in [0, 0.05) is 12.6 Å². The molecule has 74 valence electrons. The number of likely N-dealkylation sites (tertiary alicyclic amines) is 1. The lowest BCUT2D eigenvalue weighted by molar-refractivity contribution is -0.148. The van der Waals surface area contributed by atoms with Gasteiger partial charge in [-0.2, -0.15) is 0 Å². The Kier molecular flexibility index (Phi) is 2.06. The van der Waals surface area contributed by atoms with Gasteiger partial charge in [0.15, 0.2) is 0 Å². The van der Waals surface area contributed by atoms with Gasteiger partial charge >= 0.3 is 5.97 Å². The third-order valence-electron chi connectivity index (χ3n) is 3.58. The lowest BCUT2D eigenvalue weighted by atomic mass is 9.84. The van der Waals surface area contributed by atoms with E-state index in [0.717, 1.165) is 25.9 Å². The summed E-state index contributed by atoms with van der Waals surface area (Å²) in [6.45, 7) is 3.76. The average Bonchev–Trinajstić information content (AvgIpc) is 2.85. The first-order chi connectivity index (χ1) is 6.18. The standard InChI is InChI=1S/C10H17NO2/c1-2-10(9(12)13)5-6-11(7-10)8-3-4-8/h8H,2-7H2,1H3,(H,12,13). The van der Waals surface area contributed by atoms with Crippen molar-refractivity contribution in [3.05, 3.63) is 0 Å². The SMILES string of the molecule is CCC1(C(=O)O)CCN(C2CC2)C1. The molecule has 3 heteroatoms. The van der Waals surface area contributed by atoms with Gasteiger partial charge in [0.25, 0.3) is 0 Å². The summed E-state index contributed by atoms with van der Waals surface area (Å²) < 4.78 is 0. The molecule has 1 unspecified atom stereocenters. The quantitative estimate of drug-likeness (QED) is 0.717. The fourth-order valence-electron chi connectivity index (χ4n) is 2.27. The van der Waals surface area contributed by atoms with Crippen molar-refractivity contribution in [2.45, 2.75) is 38.6 Å². The highest BCUT2D eigenvalue weighted by Crippen LogP contribution is 2.39. The fourth-order valence-corrected chi connectivity index (χ4v) is 2.27. The van der Waals surface area contributed by atoms with Gasteiger partial charge in [0.05, 0.1) is 5.41 Å². The molecule has 0 spiro atoms. The highest BCUT2D eigenvalue weighted by atomic mass is 16.4. The Morgan fingerprint density at radius 2 is 2.31 bits per heavy atom. The molecule has 1 atom stereocenters. The van der Waals surface area contributed by atoms with E-state index >= 15 is 0 Å². The maximum Gasteiger partial charge on any atom is 0.310 e. The van der Waals surface area contributed by atoms with Gasteiger partial charge in [-0.05, 0) is 32.2 Å². The summed E-state index contributed by atoms with van der Waals surface area (Å²) in [4.78, 5) is 13.5. The zero-order valence-electron chi connectivity index (χ0n) is 8.12. The van der Waals surface area contributed by atoms with Crippen LogP contribution in [0.5, 0.6) is 0 Å². The third-order valence-corrected chi connectivity index (χ3v) is 3.58. The number of hydrogen-bond acceptors (Lipinski definition) is 2. The lowest BCUT2D eigenvalue weighted by Gasteiger charge is -2.22. The molecule has 1 N–H and O–H groups in total. The lowest BCUT2D eigenvalue weighted by Crippen LogP contribution is -2.34. The van der Waals surface area contributed by atoms with E-state index in [1.54, 1.807) is 0 Å². The second-order valence-electron chi connectivity index (χ2n) is 4.39. The van der Waals surface area contributed by atoms with Gasteiger partial charge in [-0.1, -0.05) is 6.92 Å². The van der Waals surface area contributed by atoms with Gasteiger partial charge in [-0.3, -0.25) is 9.69 Å². The van der Waals surface area contributed by atoms with Crippen LogP contribution in [0.25, 0.3) is 0 Å². The highest BCUT2D eigenvalue weighted by Gasteiger charge is 2.46. The van der Waals surface area contributed by atoms with Crippen molar-refractivity contribution < 1.29 is 9.90 Å². The molecule has 0 amide bonds. The first kappa shape index (κ1) is 9.00. The van der Waals surface area contributed by atoms with E-state index in [2.05, 4.69) is 4.90 Å². The van der Waals surface area contributed by atoms with Crippen LogP contribution in [-0.2, 0) is 4.79 Å². The summed E-state index contributed by atoms with van der Waals surface area (Å²) in [5, 5.41) is 9.16. The summed E-state index contributed by atoms with van der Waals surface area (Å²) in [7, 11) is 0. The van der Waals surface area contributed by atoms with E-state index in [9.17, 15) is 4.79 Å². The predicted molar refractivity (Wildman–Crippen MR) is 49.6 cm³/mol. The summed E-state index contributed by atoms with van der Waals surface area (Å²) in [5.74, 6) is -0.599. The van der Waals surface area contributed by atoms with Crippen LogP contribution in [0, 0.1) is 5.41 Å². The Labute approximate surface area is 78.7 Å². The first-order valence-corrected chi connectivity index (χ1v) is 5.15. The second-order valence-corrected chi connectivity index (χ2v) is 4.39. The molecule has 0 aromatic carbocycles. The predicted octanol–water partition coefficient (Wildman–Crippen LogP) is 1.34. The molecule has 1 aliphatic heterocycles. The monoisotopic (exact) mass is 183 g/mol. The molecule has 1 saturated carbocycles. The minimum atomic E-state index is -0.599. The fraction of sp³-hybridized carbons (Fsp3) is 0.900. The Balaban J connectivity index is 2.03. The normalized spacial score (nSPS) is 35.2.